The molecule has 12 heteroatoms. The van der Waals surface area contributed by atoms with Crippen LogP contribution in [0.5, 0.6) is 0 Å². The summed E-state index contributed by atoms with van der Waals surface area (Å²) in [5.41, 5.74) is -0.570. The van der Waals surface area contributed by atoms with Crippen LogP contribution in [-0.4, -0.2) is 51.2 Å². The maximum absolute atomic E-state index is 13.1. The summed E-state index contributed by atoms with van der Waals surface area (Å²) in [6.07, 6.45) is -3.15. The first-order valence-electron chi connectivity index (χ1n) is 8.95. The van der Waals surface area contributed by atoms with Crippen molar-refractivity contribution >= 4 is 61.9 Å². The zero-order valence-electron chi connectivity index (χ0n) is 15.5. The van der Waals surface area contributed by atoms with Gasteiger partial charge < -0.3 is 10.2 Å². The van der Waals surface area contributed by atoms with Gasteiger partial charge in [-0.1, -0.05) is 35.2 Å². The van der Waals surface area contributed by atoms with Crippen molar-refractivity contribution in [1.82, 2.24) is 15.0 Å². The predicted molar refractivity (Wildman–Crippen MR) is 116 cm³/mol. The molecule has 1 aliphatic rings. The number of fused-ring (bicyclic) bond motifs is 1. The Labute approximate surface area is 182 Å². The summed E-state index contributed by atoms with van der Waals surface area (Å²) in [5, 5.41) is 3.81. The number of aromatic nitrogens is 3. The van der Waals surface area contributed by atoms with E-state index in [9.17, 15) is 18.0 Å². The minimum atomic E-state index is -4.54. The van der Waals surface area contributed by atoms with Gasteiger partial charge in [0, 0.05) is 24.6 Å². The Morgan fingerprint density at radius 1 is 1.20 bits per heavy atom. The zero-order valence-corrected chi connectivity index (χ0v) is 17.9. The van der Waals surface area contributed by atoms with E-state index < -0.39 is 17.6 Å². The third-order valence-electron chi connectivity index (χ3n) is 4.28. The van der Waals surface area contributed by atoms with E-state index in [2.05, 4.69) is 25.2 Å². The fourth-order valence-corrected chi connectivity index (χ4v) is 5.72. The molecule has 1 N–H and O–H groups in total. The third kappa shape index (κ3) is 4.81. The topological polar surface area (TPSA) is 71.0 Å². The molecule has 1 saturated heterocycles. The smallest absolute Gasteiger partial charge is 0.346 e. The summed E-state index contributed by atoms with van der Waals surface area (Å²) >= 11 is 4.53. The molecule has 6 nitrogen and oxygen atoms in total. The van der Waals surface area contributed by atoms with Gasteiger partial charge in [-0.05, 0) is 12.1 Å². The van der Waals surface area contributed by atoms with E-state index in [1.807, 2.05) is 11.8 Å². The fourth-order valence-electron chi connectivity index (χ4n) is 2.87. The molecule has 0 atom stereocenters. The van der Waals surface area contributed by atoms with Gasteiger partial charge in [0.25, 0.3) is 0 Å². The average Bonchev–Trinajstić information content (AvgIpc) is 3.17. The van der Waals surface area contributed by atoms with Crippen LogP contribution >= 0.6 is 34.9 Å². The lowest BCUT2D eigenvalue weighted by atomic mass is 10.1. The van der Waals surface area contributed by atoms with Gasteiger partial charge in [0.1, 0.15) is 16.1 Å². The lowest BCUT2D eigenvalue weighted by Gasteiger charge is -2.25. The SMILES string of the molecule is O=C(CSc1ncnc2nc(N3CCSCC3)sc12)Nc1ccccc1C(F)(F)F. The largest absolute Gasteiger partial charge is 0.418 e. The van der Waals surface area contributed by atoms with Crippen LogP contribution in [0.25, 0.3) is 10.3 Å². The molecule has 1 fully saturated rings. The van der Waals surface area contributed by atoms with Crippen molar-refractivity contribution in [2.75, 3.05) is 40.6 Å². The second-order valence-corrected chi connectivity index (χ2v) is 9.47. The Morgan fingerprint density at radius 2 is 1.97 bits per heavy atom. The number of halogens is 3. The van der Waals surface area contributed by atoms with E-state index in [4.69, 9.17) is 0 Å². The number of amides is 1. The van der Waals surface area contributed by atoms with Crippen LogP contribution in [0.1, 0.15) is 5.56 Å². The van der Waals surface area contributed by atoms with Crippen LogP contribution in [0, 0.1) is 0 Å². The minimum absolute atomic E-state index is 0.0775. The number of thiazole rings is 1. The molecule has 0 unspecified atom stereocenters. The number of rotatable bonds is 5. The maximum atomic E-state index is 13.1. The van der Waals surface area contributed by atoms with Crippen molar-refractivity contribution in [1.29, 1.82) is 0 Å². The highest BCUT2D eigenvalue weighted by atomic mass is 32.2. The Morgan fingerprint density at radius 3 is 2.73 bits per heavy atom. The summed E-state index contributed by atoms with van der Waals surface area (Å²) in [6, 6.07) is 4.91. The highest BCUT2D eigenvalue weighted by Gasteiger charge is 2.33. The van der Waals surface area contributed by atoms with Crippen LogP contribution in [-0.2, 0) is 11.0 Å². The van der Waals surface area contributed by atoms with Gasteiger partial charge in [-0.25, -0.2) is 9.97 Å². The van der Waals surface area contributed by atoms with Crippen LogP contribution in [0.3, 0.4) is 0 Å². The average molecular weight is 472 g/mol. The Hall–Kier alpha value is -2.05. The molecule has 4 rings (SSSR count). The Balaban J connectivity index is 1.46. The molecule has 2 aromatic heterocycles. The molecule has 1 aliphatic heterocycles. The lowest BCUT2D eigenvalue weighted by Crippen LogP contribution is -2.32. The fraction of sp³-hybridized carbons (Fsp3) is 0.333. The van der Waals surface area contributed by atoms with Crippen LogP contribution in [0.2, 0.25) is 0 Å². The summed E-state index contributed by atoms with van der Waals surface area (Å²) in [4.78, 5) is 27.5. The van der Waals surface area contributed by atoms with Crippen LogP contribution in [0.4, 0.5) is 24.0 Å². The normalized spacial score (nSPS) is 14.8. The highest BCUT2D eigenvalue weighted by molar-refractivity contribution is 8.00. The van der Waals surface area contributed by atoms with Crippen molar-refractivity contribution < 1.29 is 18.0 Å². The summed E-state index contributed by atoms with van der Waals surface area (Å²) in [7, 11) is 0. The summed E-state index contributed by atoms with van der Waals surface area (Å²) in [6.45, 7) is 1.84. The molecule has 0 saturated carbocycles. The van der Waals surface area contributed by atoms with E-state index in [-0.39, 0.29) is 11.4 Å². The number of alkyl halides is 3. The molecule has 30 heavy (non-hydrogen) atoms. The zero-order chi connectivity index (χ0) is 21.1. The van der Waals surface area contributed by atoms with Gasteiger partial charge in [0.05, 0.1) is 17.0 Å². The molecular formula is C18H16F3N5OS3. The summed E-state index contributed by atoms with van der Waals surface area (Å²) < 4.78 is 40.1. The number of carbonyl (C=O) groups is 1. The number of carbonyl (C=O) groups excluding carboxylic acids is 1. The van der Waals surface area contributed by atoms with Crippen LogP contribution in [0.15, 0.2) is 35.6 Å². The summed E-state index contributed by atoms with van der Waals surface area (Å²) in [5.74, 6) is 1.47. The van der Waals surface area contributed by atoms with E-state index in [1.54, 1.807) is 0 Å². The van der Waals surface area contributed by atoms with E-state index in [0.29, 0.717) is 10.7 Å². The first-order chi connectivity index (χ1) is 14.4. The minimum Gasteiger partial charge on any atom is -0.346 e. The number of nitrogens with zero attached hydrogens (tertiary/aromatic N) is 4. The quantitative estimate of drug-likeness (QED) is 0.437. The number of benzene rings is 1. The molecule has 3 heterocycles. The first-order valence-corrected chi connectivity index (χ1v) is 11.9. The molecular weight excluding hydrogens is 455 g/mol. The maximum Gasteiger partial charge on any atom is 0.418 e. The highest BCUT2D eigenvalue weighted by Crippen LogP contribution is 2.36. The number of anilines is 2. The van der Waals surface area contributed by atoms with Gasteiger partial charge in [0.15, 0.2) is 10.8 Å². The van der Waals surface area contributed by atoms with Gasteiger partial charge >= 0.3 is 6.18 Å². The molecule has 3 aromatic rings. The Bertz CT molecular complexity index is 1050. The second kappa shape index (κ2) is 8.98. The van der Waals surface area contributed by atoms with E-state index in [1.165, 1.54) is 35.9 Å². The number of thioether (sulfide) groups is 2. The van der Waals surface area contributed by atoms with E-state index >= 15 is 0 Å². The monoisotopic (exact) mass is 471 g/mol. The van der Waals surface area contributed by atoms with E-state index in [0.717, 1.165) is 52.3 Å². The first kappa shape index (κ1) is 21.2. The number of hydrogen-bond acceptors (Lipinski definition) is 8. The van der Waals surface area contributed by atoms with Crippen molar-refractivity contribution in [3.8, 4) is 0 Å². The van der Waals surface area contributed by atoms with Gasteiger partial charge in [0.2, 0.25) is 5.91 Å². The van der Waals surface area contributed by atoms with Crippen molar-refractivity contribution in [3.63, 3.8) is 0 Å². The standard InChI is InChI=1S/C18H16F3N5OS3/c19-18(20,21)11-3-1-2-4-12(11)24-13(27)9-29-16-14-15(22-10-23-16)25-17(30-14)26-5-7-28-8-6-26/h1-4,10H,5-9H2,(H,24,27). The van der Waals surface area contributed by atoms with Gasteiger partial charge in [-0.3, -0.25) is 4.79 Å². The van der Waals surface area contributed by atoms with Crippen LogP contribution < -0.4 is 10.2 Å². The number of para-hydroxylation sites is 1. The molecule has 158 valence electrons. The third-order valence-corrected chi connectivity index (χ3v) is 7.45. The van der Waals surface area contributed by atoms with Gasteiger partial charge in [-0.2, -0.15) is 29.9 Å². The molecule has 0 radical (unpaired) electrons. The molecule has 0 spiro atoms. The van der Waals surface area contributed by atoms with Crippen molar-refractivity contribution in [2.45, 2.75) is 11.2 Å². The molecule has 0 bridgehead atoms. The predicted octanol–water partition coefficient (Wildman–Crippen LogP) is 4.39. The molecule has 1 aromatic carbocycles. The second-order valence-electron chi connectivity index (χ2n) is 6.31. The molecule has 1 amide bonds. The number of nitrogens with one attached hydrogen (secondary N) is 1. The van der Waals surface area contributed by atoms with Crippen molar-refractivity contribution in [2.24, 2.45) is 0 Å². The molecule has 0 aliphatic carbocycles. The van der Waals surface area contributed by atoms with Crippen molar-refractivity contribution in [3.05, 3.63) is 36.2 Å². The lowest BCUT2D eigenvalue weighted by molar-refractivity contribution is -0.137. The Kier molecular flexibility index (Phi) is 6.34. The number of hydrogen-bond donors (Lipinski definition) is 1. The van der Waals surface area contributed by atoms with Gasteiger partial charge in [-0.15, -0.1) is 0 Å².